The number of aromatic nitrogens is 1. The van der Waals surface area contributed by atoms with Gasteiger partial charge in [0, 0.05) is 24.3 Å². The maximum Gasteiger partial charge on any atom is 0.333 e. The Morgan fingerprint density at radius 1 is 1.19 bits per heavy atom. The van der Waals surface area contributed by atoms with Crippen LogP contribution < -0.4 is 10.0 Å². The van der Waals surface area contributed by atoms with Gasteiger partial charge in [-0.15, -0.1) is 0 Å². The average molecular weight is 448 g/mol. The number of nitrogens with zero attached hydrogens (tertiary/aromatic N) is 2. The van der Waals surface area contributed by atoms with Gasteiger partial charge in [0.15, 0.2) is 0 Å². The number of para-hydroxylation sites is 1. The molecule has 2 aromatic rings. The molecule has 1 aliphatic carbocycles. The van der Waals surface area contributed by atoms with E-state index in [-0.39, 0.29) is 18.4 Å². The predicted molar refractivity (Wildman–Crippen MR) is 112 cm³/mol. The number of amides is 1. The van der Waals surface area contributed by atoms with Gasteiger partial charge >= 0.3 is 10.3 Å². The standard InChI is InChI=1S/C21H25N3O6S/c22-31(28,29)30-12-16-11-15(19(25)20(16)26)9-13-5-7-23-17(10-13)21(27)24-8-6-14-3-1-2-4-18(14)24/h1-5,7,10,15-16,19-20,25-26H,6,8-9,11-12H2,(H2,22,28,29)/t15-,16-,19+,20-/m1/s1. The molecule has 9 nitrogen and oxygen atoms in total. The van der Waals surface area contributed by atoms with Crippen molar-refractivity contribution in [2.24, 2.45) is 17.0 Å². The molecule has 0 saturated heterocycles. The molecule has 1 aliphatic heterocycles. The normalized spacial score (nSPS) is 25.6. The Hall–Kier alpha value is -2.37. The zero-order valence-electron chi connectivity index (χ0n) is 16.8. The predicted octanol–water partition coefficient (Wildman–Crippen LogP) is 0.405. The van der Waals surface area contributed by atoms with Crippen LogP contribution in [0, 0.1) is 11.8 Å². The Morgan fingerprint density at radius 2 is 1.94 bits per heavy atom. The van der Waals surface area contributed by atoms with Gasteiger partial charge in [-0.3, -0.25) is 14.0 Å². The fourth-order valence-electron chi connectivity index (χ4n) is 4.49. The van der Waals surface area contributed by atoms with E-state index in [1.807, 2.05) is 24.3 Å². The van der Waals surface area contributed by atoms with Gasteiger partial charge in [-0.1, -0.05) is 18.2 Å². The Balaban J connectivity index is 1.45. The van der Waals surface area contributed by atoms with E-state index < -0.39 is 28.4 Å². The molecule has 1 saturated carbocycles. The molecule has 4 atom stereocenters. The topological polar surface area (TPSA) is 143 Å². The number of fused-ring (bicyclic) bond motifs is 1. The summed E-state index contributed by atoms with van der Waals surface area (Å²) in [7, 11) is -4.12. The molecule has 1 aromatic heterocycles. The van der Waals surface area contributed by atoms with E-state index >= 15 is 0 Å². The molecule has 1 fully saturated rings. The largest absolute Gasteiger partial charge is 0.390 e. The highest BCUT2D eigenvalue weighted by molar-refractivity contribution is 7.84. The van der Waals surface area contributed by atoms with Crippen LogP contribution in [0.15, 0.2) is 42.6 Å². The zero-order valence-corrected chi connectivity index (χ0v) is 17.6. The van der Waals surface area contributed by atoms with Crippen molar-refractivity contribution >= 4 is 21.9 Å². The number of hydrogen-bond donors (Lipinski definition) is 3. The van der Waals surface area contributed by atoms with E-state index in [0.29, 0.717) is 25.1 Å². The van der Waals surface area contributed by atoms with E-state index in [9.17, 15) is 23.4 Å². The van der Waals surface area contributed by atoms with Crippen LogP contribution in [-0.2, 0) is 27.3 Å². The minimum absolute atomic E-state index is 0.182. The van der Waals surface area contributed by atoms with Crippen molar-refractivity contribution in [1.29, 1.82) is 0 Å². The van der Waals surface area contributed by atoms with Crippen LogP contribution in [0.3, 0.4) is 0 Å². The van der Waals surface area contributed by atoms with Crippen molar-refractivity contribution in [3.8, 4) is 0 Å². The van der Waals surface area contributed by atoms with Gasteiger partial charge in [0.25, 0.3) is 5.91 Å². The number of rotatable bonds is 6. The summed E-state index contributed by atoms with van der Waals surface area (Å²) in [6.07, 6.45) is 0.981. The molecule has 0 spiro atoms. The quantitative estimate of drug-likeness (QED) is 0.582. The van der Waals surface area contributed by atoms with Gasteiger partial charge in [-0.05, 0) is 54.5 Å². The number of aliphatic hydroxyl groups is 2. The zero-order chi connectivity index (χ0) is 22.2. The SMILES string of the molecule is NS(=O)(=O)OC[C@H]1C[C@@H](Cc2ccnc(C(=O)N3CCc4ccccc43)c2)[C@H](O)[C@@H]1O. The number of nitrogens with two attached hydrogens (primary N) is 1. The number of carbonyl (C=O) groups excluding carboxylic acids is 1. The van der Waals surface area contributed by atoms with Crippen LogP contribution in [0.1, 0.15) is 28.0 Å². The first-order valence-corrected chi connectivity index (χ1v) is 11.6. The van der Waals surface area contributed by atoms with Gasteiger partial charge in [-0.25, -0.2) is 5.14 Å². The Labute approximate surface area is 180 Å². The highest BCUT2D eigenvalue weighted by atomic mass is 32.2. The lowest BCUT2D eigenvalue weighted by Crippen LogP contribution is -2.31. The summed E-state index contributed by atoms with van der Waals surface area (Å²) in [4.78, 5) is 19.0. The van der Waals surface area contributed by atoms with Gasteiger partial charge in [-0.2, -0.15) is 8.42 Å². The molecule has 166 valence electrons. The highest BCUT2D eigenvalue weighted by Crippen LogP contribution is 2.35. The molecule has 4 rings (SSSR count). The summed E-state index contributed by atoms with van der Waals surface area (Å²) in [5, 5.41) is 25.5. The first-order valence-electron chi connectivity index (χ1n) is 10.1. The fraction of sp³-hybridized carbons (Fsp3) is 0.429. The molecule has 1 aromatic carbocycles. The van der Waals surface area contributed by atoms with Crippen molar-refractivity contribution in [3.63, 3.8) is 0 Å². The van der Waals surface area contributed by atoms with Gasteiger partial charge in [0.2, 0.25) is 0 Å². The Bertz CT molecular complexity index is 1080. The molecule has 0 unspecified atom stereocenters. The maximum atomic E-state index is 13.0. The Kier molecular flexibility index (Phi) is 6.09. The van der Waals surface area contributed by atoms with E-state index in [1.54, 1.807) is 23.2 Å². The van der Waals surface area contributed by atoms with Gasteiger partial charge in [0.1, 0.15) is 5.69 Å². The summed E-state index contributed by atoms with van der Waals surface area (Å²) in [5.74, 6) is -1.05. The summed E-state index contributed by atoms with van der Waals surface area (Å²) in [6, 6.07) is 11.3. The second-order valence-corrected chi connectivity index (χ2v) is 9.32. The van der Waals surface area contributed by atoms with Crippen molar-refractivity contribution in [1.82, 2.24) is 4.98 Å². The monoisotopic (exact) mass is 447 g/mol. The minimum Gasteiger partial charge on any atom is -0.390 e. The Morgan fingerprint density at radius 3 is 2.71 bits per heavy atom. The fourth-order valence-corrected chi connectivity index (χ4v) is 4.85. The molecule has 2 aliphatic rings. The summed E-state index contributed by atoms with van der Waals surface area (Å²) in [6.45, 7) is 0.311. The van der Waals surface area contributed by atoms with Crippen molar-refractivity contribution < 1.29 is 27.6 Å². The first kappa shape index (κ1) is 21.8. The maximum absolute atomic E-state index is 13.0. The number of benzene rings is 1. The van der Waals surface area contributed by atoms with E-state index in [4.69, 9.17) is 5.14 Å². The lowest BCUT2D eigenvalue weighted by molar-refractivity contribution is -0.00321. The van der Waals surface area contributed by atoms with Crippen LogP contribution in [0.25, 0.3) is 0 Å². The lowest BCUT2D eigenvalue weighted by atomic mass is 9.95. The van der Waals surface area contributed by atoms with E-state index in [1.165, 1.54) is 0 Å². The number of pyridine rings is 1. The summed E-state index contributed by atoms with van der Waals surface area (Å²) in [5.41, 5.74) is 3.14. The lowest BCUT2D eigenvalue weighted by Gasteiger charge is -2.18. The third-order valence-corrected chi connectivity index (χ3v) is 6.51. The van der Waals surface area contributed by atoms with Crippen molar-refractivity contribution in [2.75, 3.05) is 18.1 Å². The molecule has 1 amide bonds. The molecule has 4 N–H and O–H groups in total. The average Bonchev–Trinajstić information content (AvgIpc) is 3.28. The highest BCUT2D eigenvalue weighted by Gasteiger charge is 2.41. The van der Waals surface area contributed by atoms with Gasteiger partial charge < -0.3 is 15.1 Å². The van der Waals surface area contributed by atoms with Crippen LogP contribution in [-0.4, -0.2) is 54.9 Å². The molecular weight excluding hydrogens is 422 g/mol. The number of carbonyl (C=O) groups is 1. The molecule has 0 radical (unpaired) electrons. The number of anilines is 1. The van der Waals surface area contributed by atoms with Crippen molar-refractivity contribution in [2.45, 2.75) is 31.5 Å². The molecular formula is C21H25N3O6S. The smallest absolute Gasteiger partial charge is 0.333 e. The van der Waals surface area contributed by atoms with Gasteiger partial charge in [0.05, 0.1) is 18.8 Å². The number of aliphatic hydroxyl groups excluding tert-OH is 2. The summed E-state index contributed by atoms with van der Waals surface area (Å²) < 4.78 is 26.6. The van der Waals surface area contributed by atoms with Crippen LogP contribution in [0.4, 0.5) is 5.69 Å². The van der Waals surface area contributed by atoms with Crippen LogP contribution in [0.5, 0.6) is 0 Å². The second-order valence-electron chi connectivity index (χ2n) is 8.10. The summed E-state index contributed by atoms with van der Waals surface area (Å²) >= 11 is 0. The first-order chi connectivity index (χ1) is 14.7. The van der Waals surface area contributed by atoms with Crippen LogP contribution >= 0.6 is 0 Å². The van der Waals surface area contributed by atoms with Crippen molar-refractivity contribution in [3.05, 3.63) is 59.4 Å². The third kappa shape index (κ3) is 4.78. The molecule has 0 bridgehead atoms. The molecule has 31 heavy (non-hydrogen) atoms. The third-order valence-electron chi connectivity index (χ3n) is 6.04. The van der Waals surface area contributed by atoms with E-state index in [2.05, 4.69) is 9.17 Å². The van der Waals surface area contributed by atoms with E-state index in [0.717, 1.165) is 23.2 Å². The molecule has 2 heterocycles. The second kappa shape index (κ2) is 8.64. The minimum atomic E-state index is -4.12. The number of hydrogen-bond acceptors (Lipinski definition) is 7. The molecule has 10 heteroatoms. The van der Waals surface area contributed by atoms with Crippen LogP contribution in [0.2, 0.25) is 0 Å².